The Morgan fingerprint density at radius 3 is 3.00 bits per heavy atom. The number of benzene rings is 1. The van der Waals surface area contributed by atoms with Crippen LogP contribution in [0.1, 0.15) is 28.9 Å². The van der Waals surface area contributed by atoms with Crippen LogP contribution in [-0.2, 0) is 6.42 Å². The number of rotatable bonds is 2. The maximum atomic E-state index is 14.2. The molecule has 0 spiro atoms. The van der Waals surface area contributed by atoms with Gasteiger partial charge in [0.05, 0.1) is 29.4 Å². The van der Waals surface area contributed by atoms with Crippen LogP contribution >= 0.6 is 0 Å². The van der Waals surface area contributed by atoms with Crippen molar-refractivity contribution in [3.05, 3.63) is 39.4 Å². The zero-order valence-electron chi connectivity index (χ0n) is 11.6. The van der Waals surface area contributed by atoms with Crippen LogP contribution in [0.25, 0.3) is 10.9 Å². The molecule has 0 saturated heterocycles. The van der Waals surface area contributed by atoms with Gasteiger partial charge in [-0.15, -0.1) is 0 Å². The Kier molecular flexibility index (Phi) is 3.10. The number of hydrogen-bond acceptors (Lipinski definition) is 4. The topological polar surface area (TPSA) is 92.3 Å². The fraction of sp³-hybridized carbons (Fsp3) is 0.267. The zero-order chi connectivity index (χ0) is 16.0. The number of nitrogens with zero attached hydrogens (tertiary/aromatic N) is 2. The lowest BCUT2D eigenvalue weighted by atomic mass is 10.0. The minimum absolute atomic E-state index is 0.0550. The predicted octanol–water partition coefficient (Wildman–Crippen LogP) is 1.86. The maximum Gasteiger partial charge on any atom is 0.341 e. The fourth-order valence-electron chi connectivity index (χ4n) is 2.68. The van der Waals surface area contributed by atoms with Gasteiger partial charge in [0.2, 0.25) is 5.43 Å². The third kappa shape index (κ3) is 1.84. The summed E-state index contributed by atoms with van der Waals surface area (Å²) in [6.07, 6.45) is 1.05. The van der Waals surface area contributed by atoms with Crippen molar-refractivity contribution >= 4 is 16.9 Å². The van der Waals surface area contributed by atoms with E-state index in [1.807, 2.05) is 6.07 Å². The quantitative estimate of drug-likeness (QED) is 0.914. The molecule has 0 saturated carbocycles. The van der Waals surface area contributed by atoms with Gasteiger partial charge in [0.1, 0.15) is 18.0 Å². The molecular weight excluding hydrogens is 291 g/mol. The van der Waals surface area contributed by atoms with Gasteiger partial charge in [-0.3, -0.25) is 4.79 Å². The van der Waals surface area contributed by atoms with Gasteiger partial charge in [-0.05, 0) is 13.0 Å². The molecule has 22 heavy (non-hydrogen) atoms. The van der Waals surface area contributed by atoms with Crippen molar-refractivity contribution in [2.24, 2.45) is 0 Å². The first-order chi connectivity index (χ1) is 10.5. The Hall–Kier alpha value is -2.88. The van der Waals surface area contributed by atoms with E-state index >= 15 is 0 Å². The van der Waals surface area contributed by atoms with Crippen LogP contribution in [0.5, 0.6) is 5.75 Å². The smallest absolute Gasteiger partial charge is 0.341 e. The molecule has 0 amide bonds. The molecule has 1 unspecified atom stereocenters. The molecule has 0 bridgehead atoms. The van der Waals surface area contributed by atoms with Crippen molar-refractivity contribution in [3.63, 3.8) is 0 Å². The van der Waals surface area contributed by atoms with Crippen LogP contribution in [-0.4, -0.2) is 22.2 Å². The zero-order valence-corrected chi connectivity index (χ0v) is 11.6. The largest absolute Gasteiger partial charge is 0.489 e. The molecule has 1 aromatic carbocycles. The van der Waals surface area contributed by atoms with Crippen molar-refractivity contribution < 1.29 is 19.0 Å². The van der Waals surface area contributed by atoms with Gasteiger partial charge in [0.25, 0.3) is 0 Å². The second-order valence-electron chi connectivity index (χ2n) is 5.14. The molecule has 3 rings (SSSR count). The van der Waals surface area contributed by atoms with Crippen LogP contribution in [0.2, 0.25) is 0 Å². The number of pyridine rings is 1. The van der Waals surface area contributed by atoms with Gasteiger partial charge >= 0.3 is 5.97 Å². The van der Waals surface area contributed by atoms with Gasteiger partial charge in [0, 0.05) is 11.8 Å². The summed E-state index contributed by atoms with van der Waals surface area (Å²) in [7, 11) is 0. The number of aromatic carboxylic acids is 1. The molecule has 1 atom stereocenters. The molecule has 2 heterocycles. The second kappa shape index (κ2) is 4.84. The number of ether oxygens (including phenoxy) is 1. The van der Waals surface area contributed by atoms with E-state index in [1.54, 1.807) is 11.5 Å². The number of hydrogen-bond donors (Lipinski definition) is 1. The first-order valence-electron chi connectivity index (χ1n) is 6.59. The average Bonchev–Trinajstić information content (AvgIpc) is 2.47. The Morgan fingerprint density at radius 2 is 2.36 bits per heavy atom. The highest BCUT2D eigenvalue weighted by Crippen LogP contribution is 2.36. The summed E-state index contributed by atoms with van der Waals surface area (Å²) < 4.78 is 21.3. The summed E-state index contributed by atoms with van der Waals surface area (Å²) in [4.78, 5) is 23.5. The highest BCUT2D eigenvalue weighted by atomic mass is 19.1. The fourth-order valence-corrected chi connectivity index (χ4v) is 2.68. The summed E-state index contributed by atoms with van der Waals surface area (Å²) in [5, 5.41) is 17.9. The van der Waals surface area contributed by atoms with E-state index in [9.17, 15) is 14.0 Å². The van der Waals surface area contributed by atoms with Crippen molar-refractivity contribution in [3.8, 4) is 11.8 Å². The Morgan fingerprint density at radius 1 is 1.64 bits per heavy atom. The first-order valence-corrected chi connectivity index (χ1v) is 6.59. The summed E-state index contributed by atoms with van der Waals surface area (Å²) >= 11 is 0. The SMILES string of the molecule is CC1COc2c(CC#N)c(F)cc3c(=O)c(C(=O)O)cn1c23. The van der Waals surface area contributed by atoms with E-state index in [2.05, 4.69) is 0 Å². The van der Waals surface area contributed by atoms with E-state index in [0.29, 0.717) is 5.52 Å². The molecule has 112 valence electrons. The number of carbonyl (C=O) groups is 1. The van der Waals surface area contributed by atoms with Crippen LogP contribution < -0.4 is 10.2 Å². The summed E-state index contributed by atoms with van der Waals surface area (Å²) in [6.45, 7) is 2.00. The van der Waals surface area contributed by atoms with Gasteiger partial charge in [0.15, 0.2) is 5.75 Å². The minimum Gasteiger partial charge on any atom is -0.489 e. The lowest BCUT2D eigenvalue weighted by Crippen LogP contribution is -2.27. The molecule has 1 aliphatic rings. The highest BCUT2D eigenvalue weighted by molar-refractivity contribution is 5.95. The molecule has 0 radical (unpaired) electrons. The normalized spacial score (nSPS) is 16.1. The third-order valence-electron chi connectivity index (χ3n) is 3.75. The number of carboxylic acids is 1. The number of carboxylic acid groups (broad SMARTS) is 1. The monoisotopic (exact) mass is 302 g/mol. The number of aromatic nitrogens is 1. The molecule has 1 aromatic heterocycles. The second-order valence-corrected chi connectivity index (χ2v) is 5.14. The molecule has 0 fully saturated rings. The standard InChI is InChI=1S/C15H11FN2O4/c1-7-6-22-14-8(2-3-17)11(16)4-9-12(14)18(7)5-10(13(9)19)15(20)21/h4-5,7H,2,6H2,1H3,(H,20,21). The van der Waals surface area contributed by atoms with Crippen LogP contribution in [0, 0.1) is 17.1 Å². The number of nitriles is 1. The molecule has 1 N–H and O–H groups in total. The van der Waals surface area contributed by atoms with E-state index < -0.39 is 22.8 Å². The average molecular weight is 302 g/mol. The third-order valence-corrected chi connectivity index (χ3v) is 3.75. The Balaban J connectivity index is 2.52. The maximum absolute atomic E-state index is 14.2. The Labute approximate surface area is 124 Å². The van der Waals surface area contributed by atoms with Crippen LogP contribution in [0.3, 0.4) is 0 Å². The van der Waals surface area contributed by atoms with Crippen molar-refractivity contribution in [2.45, 2.75) is 19.4 Å². The van der Waals surface area contributed by atoms with Gasteiger partial charge in [-0.2, -0.15) is 5.26 Å². The lowest BCUT2D eigenvalue weighted by molar-refractivity contribution is 0.0694. The summed E-state index contributed by atoms with van der Waals surface area (Å²) in [5.74, 6) is -1.97. The van der Waals surface area contributed by atoms with E-state index in [0.717, 1.165) is 6.07 Å². The van der Waals surface area contributed by atoms with Crippen molar-refractivity contribution in [2.75, 3.05) is 6.61 Å². The van der Waals surface area contributed by atoms with Crippen molar-refractivity contribution in [1.82, 2.24) is 4.57 Å². The predicted molar refractivity (Wildman–Crippen MR) is 74.6 cm³/mol. The molecule has 2 aromatic rings. The van der Waals surface area contributed by atoms with Gasteiger partial charge in [-0.1, -0.05) is 0 Å². The molecule has 7 heteroatoms. The molecule has 1 aliphatic heterocycles. The highest BCUT2D eigenvalue weighted by Gasteiger charge is 2.27. The van der Waals surface area contributed by atoms with Crippen molar-refractivity contribution in [1.29, 1.82) is 5.26 Å². The molecule has 0 aliphatic carbocycles. The van der Waals surface area contributed by atoms with E-state index in [4.69, 9.17) is 15.1 Å². The molecule has 6 nitrogen and oxygen atoms in total. The minimum atomic E-state index is -1.36. The number of halogens is 1. The summed E-state index contributed by atoms with van der Waals surface area (Å²) in [6, 6.07) is 2.63. The van der Waals surface area contributed by atoms with Gasteiger partial charge in [-0.25, -0.2) is 9.18 Å². The van der Waals surface area contributed by atoms with E-state index in [1.165, 1.54) is 6.20 Å². The Bertz CT molecular complexity index is 911. The van der Waals surface area contributed by atoms with Gasteiger partial charge < -0.3 is 14.4 Å². The first kappa shape index (κ1) is 14.1. The molecular formula is C15H11FN2O4. The van der Waals surface area contributed by atoms with Crippen LogP contribution in [0.15, 0.2) is 17.1 Å². The lowest BCUT2D eigenvalue weighted by Gasteiger charge is -2.28. The van der Waals surface area contributed by atoms with Crippen LogP contribution in [0.4, 0.5) is 4.39 Å². The summed E-state index contributed by atoms with van der Waals surface area (Å²) in [5.41, 5.74) is -0.765. The van der Waals surface area contributed by atoms with E-state index in [-0.39, 0.29) is 35.8 Å².